The molecule has 1 N–H and O–H groups in total. The van der Waals surface area contributed by atoms with Crippen molar-refractivity contribution >= 4 is 11.8 Å². The molecule has 0 aromatic carbocycles. The molecule has 2 rings (SSSR count). The summed E-state index contributed by atoms with van der Waals surface area (Å²) < 4.78 is 0. The summed E-state index contributed by atoms with van der Waals surface area (Å²) in [5, 5.41) is 2.74. The van der Waals surface area contributed by atoms with Gasteiger partial charge in [0.05, 0.1) is 0 Å². The maximum atomic E-state index is 12.1. The van der Waals surface area contributed by atoms with Crippen LogP contribution in [0.4, 0.5) is 0 Å². The Hall–Kier alpha value is -1.10. The van der Waals surface area contributed by atoms with Gasteiger partial charge in [-0.3, -0.25) is 9.59 Å². The van der Waals surface area contributed by atoms with Crippen molar-refractivity contribution in [3.8, 4) is 0 Å². The summed E-state index contributed by atoms with van der Waals surface area (Å²) in [4.78, 5) is 27.3. The molecule has 2 fully saturated rings. The molecule has 0 radical (unpaired) electrons. The molecule has 2 aliphatic heterocycles. The van der Waals surface area contributed by atoms with Crippen molar-refractivity contribution in [1.29, 1.82) is 0 Å². The Labute approximate surface area is 102 Å². The van der Waals surface area contributed by atoms with Crippen molar-refractivity contribution in [3.63, 3.8) is 0 Å². The van der Waals surface area contributed by atoms with E-state index in [0.717, 1.165) is 25.9 Å². The van der Waals surface area contributed by atoms with Gasteiger partial charge in [-0.1, -0.05) is 0 Å². The molecule has 2 aliphatic rings. The Balaban J connectivity index is 1.84. The van der Waals surface area contributed by atoms with E-state index < -0.39 is 0 Å². The predicted molar refractivity (Wildman–Crippen MR) is 64.5 cm³/mol. The van der Waals surface area contributed by atoms with Gasteiger partial charge in [0.2, 0.25) is 11.8 Å². The highest BCUT2D eigenvalue weighted by molar-refractivity contribution is 5.90. The average Bonchev–Trinajstić information content (AvgIpc) is 2.75. The number of likely N-dealkylation sites (tertiary alicyclic amines) is 1. The Morgan fingerprint density at radius 1 is 1.29 bits per heavy atom. The van der Waals surface area contributed by atoms with Crippen LogP contribution in [0, 0.1) is 0 Å². The standard InChI is InChI=1S/C12H21N3O2/c1-14(2)9-5-7-15(8-6-9)12(17)10-3-4-11(16)13-10/h9-10H,3-8H2,1-2H3,(H,13,16). The summed E-state index contributed by atoms with van der Waals surface area (Å²) in [6.45, 7) is 1.63. The number of hydrogen-bond donors (Lipinski definition) is 1. The zero-order valence-electron chi connectivity index (χ0n) is 10.6. The van der Waals surface area contributed by atoms with Gasteiger partial charge in [0.15, 0.2) is 0 Å². The SMILES string of the molecule is CN(C)C1CCN(C(=O)C2CCC(=O)N2)CC1. The van der Waals surface area contributed by atoms with E-state index in [-0.39, 0.29) is 17.9 Å². The summed E-state index contributed by atoms with van der Waals surface area (Å²) in [7, 11) is 4.17. The van der Waals surface area contributed by atoms with E-state index in [1.807, 2.05) is 4.90 Å². The van der Waals surface area contributed by atoms with E-state index in [9.17, 15) is 9.59 Å². The molecule has 1 atom stereocenters. The normalized spacial score (nSPS) is 26.4. The number of nitrogens with one attached hydrogen (secondary N) is 1. The highest BCUT2D eigenvalue weighted by Gasteiger charge is 2.32. The Morgan fingerprint density at radius 2 is 1.94 bits per heavy atom. The molecular formula is C12H21N3O2. The van der Waals surface area contributed by atoms with Crippen LogP contribution < -0.4 is 5.32 Å². The molecule has 0 saturated carbocycles. The summed E-state index contributed by atoms with van der Waals surface area (Å²) in [6, 6.07) is 0.315. The second-order valence-corrected chi connectivity index (χ2v) is 5.18. The molecule has 0 spiro atoms. The fourth-order valence-electron chi connectivity index (χ4n) is 2.62. The maximum absolute atomic E-state index is 12.1. The quantitative estimate of drug-likeness (QED) is 0.727. The van der Waals surface area contributed by atoms with Crippen LogP contribution in [-0.2, 0) is 9.59 Å². The predicted octanol–water partition coefficient (Wildman–Crippen LogP) is -0.182. The van der Waals surface area contributed by atoms with Crippen LogP contribution in [0.15, 0.2) is 0 Å². The lowest BCUT2D eigenvalue weighted by atomic mass is 10.0. The van der Waals surface area contributed by atoms with E-state index in [1.54, 1.807) is 0 Å². The number of piperidine rings is 1. The number of amides is 2. The molecule has 5 heteroatoms. The number of carbonyl (C=O) groups excluding carboxylic acids is 2. The molecule has 2 heterocycles. The van der Waals surface area contributed by atoms with Crippen molar-refractivity contribution in [2.45, 2.75) is 37.8 Å². The van der Waals surface area contributed by atoms with Gasteiger partial charge < -0.3 is 15.1 Å². The molecule has 2 saturated heterocycles. The molecule has 0 aromatic rings. The second-order valence-electron chi connectivity index (χ2n) is 5.18. The van der Waals surface area contributed by atoms with Crippen LogP contribution >= 0.6 is 0 Å². The third-order valence-corrected chi connectivity index (χ3v) is 3.80. The summed E-state index contributed by atoms with van der Waals surface area (Å²) in [6.07, 6.45) is 3.20. The zero-order chi connectivity index (χ0) is 12.4. The first kappa shape index (κ1) is 12.4. The highest BCUT2D eigenvalue weighted by Crippen LogP contribution is 2.17. The van der Waals surface area contributed by atoms with Crippen LogP contribution in [0.5, 0.6) is 0 Å². The van der Waals surface area contributed by atoms with Crippen LogP contribution in [0.2, 0.25) is 0 Å². The van der Waals surface area contributed by atoms with Gasteiger partial charge in [0.25, 0.3) is 0 Å². The van der Waals surface area contributed by atoms with Gasteiger partial charge in [-0.15, -0.1) is 0 Å². The smallest absolute Gasteiger partial charge is 0.245 e. The lowest BCUT2D eigenvalue weighted by Gasteiger charge is -2.36. The first-order valence-corrected chi connectivity index (χ1v) is 6.32. The average molecular weight is 239 g/mol. The van der Waals surface area contributed by atoms with E-state index >= 15 is 0 Å². The molecule has 17 heavy (non-hydrogen) atoms. The van der Waals surface area contributed by atoms with Gasteiger partial charge in [-0.05, 0) is 33.4 Å². The summed E-state index contributed by atoms with van der Waals surface area (Å²) >= 11 is 0. The lowest BCUT2D eigenvalue weighted by Crippen LogP contribution is -2.50. The number of nitrogens with zero attached hydrogens (tertiary/aromatic N) is 2. The van der Waals surface area contributed by atoms with Crippen LogP contribution in [0.25, 0.3) is 0 Å². The highest BCUT2D eigenvalue weighted by atomic mass is 16.2. The second kappa shape index (κ2) is 5.04. The minimum Gasteiger partial charge on any atom is -0.344 e. The molecule has 2 amide bonds. The van der Waals surface area contributed by atoms with E-state index in [2.05, 4.69) is 24.3 Å². The number of hydrogen-bond acceptors (Lipinski definition) is 3. The Morgan fingerprint density at radius 3 is 2.41 bits per heavy atom. The number of rotatable bonds is 2. The minimum absolute atomic E-state index is 0.00604. The fourth-order valence-corrected chi connectivity index (χ4v) is 2.62. The van der Waals surface area contributed by atoms with Crippen LogP contribution in [0.1, 0.15) is 25.7 Å². The maximum Gasteiger partial charge on any atom is 0.245 e. The van der Waals surface area contributed by atoms with Gasteiger partial charge in [0.1, 0.15) is 6.04 Å². The molecular weight excluding hydrogens is 218 g/mol. The first-order chi connectivity index (χ1) is 8.08. The van der Waals surface area contributed by atoms with Crippen LogP contribution in [0.3, 0.4) is 0 Å². The summed E-state index contributed by atoms with van der Waals surface area (Å²) in [5.74, 6) is 0.111. The molecule has 0 aromatic heterocycles. The van der Waals surface area contributed by atoms with Crippen molar-refractivity contribution in [3.05, 3.63) is 0 Å². The first-order valence-electron chi connectivity index (χ1n) is 6.32. The Kier molecular flexibility index (Phi) is 3.66. The van der Waals surface area contributed by atoms with Gasteiger partial charge in [0, 0.05) is 25.6 Å². The van der Waals surface area contributed by atoms with E-state index in [4.69, 9.17) is 0 Å². The fraction of sp³-hybridized carbons (Fsp3) is 0.833. The molecule has 0 aliphatic carbocycles. The van der Waals surface area contributed by atoms with Crippen LogP contribution in [-0.4, -0.2) is 60.9 Å². The monoisotopic (exact) mass is 239 g/mol. The molecule has 5 nitrogen and oxygen atoms in total. The molecule has 96 valence electrons. The summed E-state index contributed by atoms with van der Waals surface area (Å²) in [5.41, 5.74) is 0. The molecule has 1 unspecified atom stereocenters. The molecule has 0 bridgehead atoms. The van der Waals surface area contributed by atoms with Crippen molar-refractivity contribution < 1.29 is 9.59 Å². The van der Waals surface area contributed by atoms with E-state index in [0.29, 0.717) is 18.9 Å². The largest absolute Gasteiger partial charge is 0.344 e. The van der Waals surface area contributed by atoms with Crippen molar-refractivity contribution in [2.24, 2.45) is 0 Å². The number of carbonyl (C=O) groups is 2. The van der Waals surface area contributed by atoms with Gasteiger partial charge in [-0.2, -0.15) is 0 Å². The lowest BCUT2D eigenvalue weighted by molar-refractivity contribution is -0.135. The Bertz CT molecular complexity index is 309. The van der Waals surface area contributed by atoms with Crippen molar-refractivity contribution in [2.75, 3.05) is 27.2 Å². The topological polar surface area (TPSA) is 52.7 Å². The van der Waals surface area contributed by atoms with Crippen molar-refractivity contribution in [1.82, 2.24) is 15.1 Å². The zero-order valence-corrected chi connectivity index (χ0v) is 10.6. The van der Waals surface area contributed by atoms with Gasteiger partial charge in [-0.25, -0.2) is 0 Å². The third kappa shape index (κ3) is 2.77. The van der Waals surface area contributed by atoms with Gasteiger partial charge >= 0.3 is 0 Å². The third-order valence-electron chi connectivity index (χ3n) is 3.80. The minimum atomic E-state index is -0.265. The van der Waals surface area contributed by atoms with E-state index in [1.165, 1.54) is 0 Å².